The summed E-state index contributed by atoms with van der Waals surface area (Å²) in [6.07, 6.45) is 1.10. The van der Waals surface area contributed by atoms with E-state index >= 15 is 0 Å². The van der Waals surface area contributed by atoms with Gasteiger partial charge in [-0.15, -0.1) is 0 Å². The minimum Gasteiger partial charge on any atom is -0.482 e. The fourth-order valence-electron chi connectivity index (χ4n) is 1.44. The van der Waals surface area contributed by atoms with E-state index < -0.39 is 11.2 Å². The van der Waals surface area contributed by atoms with Gasteiger partial charge in [0.05, 0.1) is 5.02 Å². The normalized spacial score (nSPS) is 10.5. The lowest BCUT2D eigenvalue weighted by molar-refractivity contribution is 0.236. The Hall–Kier alpha value is -1.85. The molecule has 0 atom stereocenters. The van der Waals surface area contributed by atoms with Gasteiger partial charge >= 0.3 is 0 Å². The van der Waals surface area contributed by atoms with Crippen molar-refractivity contribution in [1.82, 2.24) is 0 Å². The van der Waals surface area contributed by atoms with Crippen LogP contribution in [0.2, 0.25) is 5.02 Å². The molecule has 0 unspecified atom stereocenters. The Morgan fingerprint density at radius 3 is 2.89 bits per heavy atom. The van der Waals surface area contributed by atoms with Crippen molar-refractivity contribution in [2.75, 3.05) is 0 Å². The van der Waals surface area contributed by atoms with Crippen molar-refractivity contribution in [2.45, 2.75) is 13.2 Å². The Morgan fingerprint density at radius 2 is 2.21 bits per heavy atom. The van der Waals surface area contributed by atoms with E-state index in [4.69, 9.17) is 25.9 Å². The first kappa shape index (κ1) is 13.6. The molecule has 6 heteroatoms. The monoisotopic (exact) mass is 284 g/mol. The van der Waals surface area contributed by atoms with Crippen LogP contribution in [-0.2, 0) is 13.2 Å². The molecular weight excluding hydrogens is 275 g/mol. The second kappa shape index (κ2) is 5.86. The van der Waals surface area contributed by atoms with E-state index in [-0.39, 0.29) is 29.7 Å². The van der Waals surface area contributed by atoms with Crippen molar-refractivity contribution in [2.24, 2.45) is 0 Å². The lowest BCUT2D eigenvalue weighted by Crippen LogP contribution is -2.08. The minimum absolute atomic E-state index is 0.0301. The van der Waals surface area contributed by atoms with E-state index in [9.17, 15) is 9.18 Å². The Morgan fingerprint density at radius 1 is 1.42 bits per heavy atom. The van der Waals surface area contributed by atoms with E-state index in [1.54, 1.807) is 6.07 Å². The second-order valence-corrected chi connectivity index (χ2v) is 4.11. The topological polar surface area (TPSA) is 59.7 Å². The average Bonchev–Trinajstić information content (AvgIpc) is 2.41. The summed E-state index contributed by atoms with van der Waals surface area (Å²) in [5.74, 6) is -0.441. The number of halogens is 2. The smallest absolute Gasteiger partial charge is 0.227 e. The van der Waals surface area contributed by atoms with Gasteiger partial charge in [-0.05, 0) is 6.07 Å². The molecule has 100 valence electrons. The fraction of sp³-hybridized carbons (Fsp3) is 0.154. The first-order valence-corrected chi connectivity index (χ1v) is 5.78. The zero-order chi connectivity index (χ0) is 13.8. The van der Waals surface area contributed by atoms with E-state index in [1.807, 2.05) is 0 Å². The molecule has 1 aromatic heterocycles. The van der Waals surface area contributed by atoms with Crippen molar-refractivity contribution in [3.05, 3.63) is 62.9 Å². The van der Waals surface area contributed by atoms with Crippen LogP contribution in [0.25, 0.3) is 0 Å². The number of aliphatic hydroxyl groups excluding tert-OH is 1. The van der Waals surface area contributed by atoms with Crippen LogP contribution < -0.4 is 10.2 Å². The van der Waals surface area contributed by atoms with Crippen molar-refractivity contribution < 1.29 is 18.7 Å². The molecule has 0 fully saturated rings. The molecule has 0 bridgehead atoms. The third-order valence-electron chi connectivity index (χ3n) is 2.42. The van der Waals surface area contributed by atoms with Crippen LogP contribution in [0.15, 0.2) is 39.7 Å². The molecule has 0 aliphatic heterocycles. The molecule has 1 N–H and O–H groups in total. The van der Waals surface area contributed by atoms with E-state index in [0.29, 0.717) is 5.56 Å². The van der Waals surface area contributed by atoms with Gasteiger partial charge in [-0.25, -0.2) is 4.39 Å². The Kier molecular flexibility index (Phi) is 4.19. The van der Waals surface area contributed by atoms with Crippen LogP contribution >= 0.6 is 11.6 Å². The predicted molar refractivity (Wildman–Crippen MR) is 66.6 cm³/mol. The third kappa shape index (κ3) is 3.13. The number of aliphatic hydroxyl groups is 1. The van der Waals surface area contributed by atoms with Crippen molar-refractivity contribution in [3.63, 3.8) is 0 Å². The van der Waals surface area contributed by atoms with Gasteiger partial charge in [0.2, 0.25) is 11.2 Å². The molecule has 0 aliphatic rings. The minimum atomic E-state index is -0.551. The number of hydrogen-bond donors (Lipinski definition) is 1. The quantitative estimate of drug-likeness (QED) is 0.937. The first-order valence-electron chi connectivity index (χ1n) is 5.40. The van der Waals surface area contributed by atoms with Crippen molar-refractivity contribution in [3.8, 4) is 5.75 Å². The summed E-state index contributed by atoms with van der Waals surface area (Å²) in [6, 6.07) is 5.45. The number of hydrogen-bond acceptors (Lipinski definition) is 4. The second-order valence-electron chi connectivity index (χ2n) is 3.73. The van der Waals surface area contributed by atoms with Gasteiger partial charge in [-0.2, -0.15) is 0 Å². The maximum absolute atomic E-state index is 13.2. The van der Waals surface area contributed by atoms with Gasteiger partial charge < -0.3 is 14.3 Å². The molecular formula is C13H10ClFO4. The van der Waals surface area contributed by atoms with Gasteiger partial charge in [-0.1, -0.05) is 23.7 Å². The largest absolute Gasteiger partial charge is 0.482 e. The molecule has 0 saturated carbocycles. The standard InChI is InChI=1S/C13H10ClFO4/c14-13-8(2-1-3-10(13)15)6-19-12-7-18-9(5-16)4-11(12)17/h1-4,7,16H,5-6H2. The van der Waals surface area contributed by atoms with Gasteiger partial charge in [0.25, 0.3) is 0 Å². The van der Waals surface area contributed by atoms with Gasteiger partial charge in [0.1, 0.15) is 31.1 Å². The molecule has 0 amide bonds. The Balaban J connectivity index is 2.15. The SMILES string of the molecule is O=c1cc(CO)occ1OCc1cccc(F)c1Cl. The molecule has 0 saturated heterocycles. The van der Waals surface area contributed by atoms with E-state index in [1.165, 1.54) is 12.1 Å². The van der Waals surface area contributed by atoms with Crippen molar-refractivity contribution >= 4 is 11.6 Å². The number of rotatable bonds is 4. The first-order chi connectivity index (χ1) is 9.11. The summed E-state index contributed by atoms with van der Waals surface area (Å²) < 4.78 is 23.4. The summed E-state index contributed by atoms with van der Waals surface area (Å²) >= 11 is 5.76. The highest BCUT2D eigenvalue weighted by molar-refractivity contribution is 6.31. The third-order valence-corrected chi connectivity index (χ3v) is 2.85. The zero-order valence-corrected chi connectivity index (χ0v) is 10.5. The van der Waals surface area contributed by atoms with E-state index in [0.717, 1.165) is 12.3 Å². The van der Waals surface area contributed by atoms with Gasteiger partial charge in [-0.3, -0.25) is 4.79 Å². The molecule has 1 aromatic carbocycles. The van der Waals surface area contributed by atoms with Gasteiger partial charge in [0.15, 0.2) is 0 Å². The maximum atomic E-state index is 13.2. The number of benzene rings is 1. The summed E-state index contributed by atoms with van der Waals surface area (Å²) in [6.45, 7) is -0.426. The molecule has 19 heavy (non-hydrogen) atoms. The highest BCUT2D eigenvalue weighted by Gasteiger charge is 2.08. The lowest BCUT2D eigenvalue weighted by Gasteiger charge is -2.07. The molecule has 0 spiro atoms. The summed E-state index contributed by atoms with van der Waals surface area (Å²) in [4.78, 5) is 11.6. The zero-order valence-electron chi connectivity index (χ0n) is 9.73. The van der Waals surface area contributed by atoms with Crippen molar-refractivity contribution in [1.29, 1.82) is 0 Å². The van der Waals surface area contributed by atoms with E-state index in [2.05, 4.69) is 0 Å². The summed E-state index contributed by atoms with van der Waals surface area (Å²) in [7, 11) is 0. The number of ether oxygens (including phenoxy) is 1. The fourth-order valence-corrected chi connectivity index (χ4v) is 1.62. The molecule has 2 aromatic rings. The predicted octanol–water partition coefficient (Wildman–Crippen LogP) is 2.50. The van der Waals surface area contributed by atoms with Crippen LogP contribution in [0.5, 0.6) is 5.75 Å². The van der Waals surface area contributed by atoms with Crippen LogP contribution in [0.1, 0.15) is 11.3 Å². The molecule has 4 nitrogen and oxygen atoms in total. The van der Waals surface area contributed by atoms with Gasteiger partial charge in [0, 0.05) is 11.6 Å². The Bertz CT molecular complexity index is 639. The molecule has 0 aliphatic carbocycles. The average molecular weight is 285 g/mol. The molecule has 1 heterocycles. The molecule has 2 rings (SSSR count). The highest BCUT2D eigenvalue weighted by Crippen LogP contribution is 2.20. The maximum Gasteiger partial charge on any atom is 0.227 e. The molecule has 0 radical (unpaired) electrons. The van der Waals surface area contributed by atoms with Crippen LogP contribution in [0.3, 0.4) is 0 Å². The van der Waals surface area contributed by atoms with Crippen LogP contribution in [0.4, 0.5) is 4.39 Å². The highest BCUT2D eigenvalue weighted by atomic mass is 35.5. The van der Waals surface area contributed by atoms with Crippen LogP contribution in [-0.4, -0.2) is 5.11 Å². The Labute approximate surface area is 113 Å². The lowest BCUT2D eigenvalue weighted by atomic mass is 10.2. The summed E-state index contributed by atoms with van der Waals surface area (Å²) in [5, 5.41) is 8.75. The van der Waals surface area contributed by atoms with Crippen LogP contribution in [0, 0.1) is 5.82 Å². The summed E-state index contributed by atoms with van der Waals surface area (Å²) in [5.41, 5.74) is -0.00451.